The number of hydrogen-bond donors (Lipinski definition) is 4. The molecule has 0 aliphatic carbocycles. The van der Waals surface area contributed by atoms with E-state index in [0.29, 0.717) is 13.1 Å². The molecular weight excluding hydrogens is 215 g/mol. The number of benzene rings is 1. The van der Waals surface area contributed by atoms with Gasteiger partial charge in [0.1, 0.15) is 17.8 Å². The van der Waals surface area contributed by atoms with Crippen molar-refractivity contribution in [2.45, 2.75) is 6.10 Å². The van der Waals surface area contributed by atoms with Crippen molar-refractivity contribution in [1.29, 1.82) is 0 Å². The number of aromatic hydroxyl groups is 2. The first-order valence-corrected chi connectivity index (χ1v) is 4.77. The van der Waals surface area contributed by atoms with Gasteiger partial charge in [0, 0.05) is 18.2 Å². The van der Waals surface area contributed by atoms with Crippen molar-refractivity contribution in [2.75, 3.05) is 13.1 Å². The smallest absolute Gasteiger partial charge is 0.160 e. The highest BCUT2D eigenvalue weighted by Crippen LogP contribution is 2.31. The second kappa shape index (κ2) is 3.97. The van der Waals surface area contributed by atoms with Crippen LogP contribution in [-0.2, 0) is 0 Å². The summed E-state index contributed by atoms with van der Waals surface area (Å²) < 4.78 is 13.4. The van der Waals surface area contributed by atoms with E-state index in [9.17, 15) is 14.6 Å². The van der Waals surface area contributed by atoms with Crippen LogP contribution in [0.5, 0.6) is 11.5 Å². The summed E-state index contributed by atoms with van der Waals surface area (Å²) in [6, 6.07) is 1.74. The summed E-state index contributed by atoms with van der Waals surface area (Å²) in [5.74, 6) is -1.56. The Morgan fingerprint density at radius 2 is 2.00 bits per heavy atom. The molecule has 86 valence electrons. The van der Waals surface area contributed by atoms with Gasteiger partial charge in [0.25, 0.3) is 0 Å². The lowest BCUT2D eigenvalue weighted by atomic mass is 10.1. The second-order valence-electron chi connectivity index (χ2n) is 3.46. The fraction of sp³-hybridized carbons (Fsp3) is 0.300. The van der Waals surface area contributed by atoms with Gasteiger partial charge in [-0.3, -0.25) is 4.99 Å². The van der Waals surface area contributed by atoms with Crippen LogP contribution in [0.2, 0.25) is 0 Å². The summed E-state index contributed by atoms with van der Waals surface area (Å²) in [5.41, 5.74) is -0.122. The third-order valence-electron chi connectivity index (χ3n) is 2.35. The molecule has 1 aliphatic rings. The minimum atomic E-state index is -1.26. The fourth-order valence-corrected chi connectivity index (χ4v) is 1.52. The highest BCUT2D eigenvalue weighted by molar-refractivity contribution is 5.88. The molecule has 0 bridgehead atoms. The van der Waals surface area contributed by atoms with Crippen LogP contribution in [0, 0.1) is 5.82 Å². The Kier molecular flexibility index (Phi) is 2.66. The summed E-state index contributed by atoms with van der Waals surface area (Å²) >= 11 is 0. The van der Waals surface area contributed by atoms with Gasteiger partial charge in [-0.25, -0.2) is 4.39 Å². The van der Waals surface area contributed by atoms with Crippen molar-refractivity contribution in [3.05, 3.63) is 23.5 Å². The minimum Gasteiger partial charge on any atom is -0.504 e. The number of amidine groups is 1. The molecule has 0 spiro atoms. The van der Waals surface area contributed by atoms with Gasteiger partial charge in [0.05, 0.1) is 6.54 Å². The Hall–Kier alpha value is -1.82. The molecule has 0 fully saturated rings. The first-order chi connectivity index (χ1) is 7.59. The molecule has 4 N–H and O–H groups in total. The van der Waals surface area contributed by atoms with Crippen molar-refractivity contribution >= 4 is 5.84 Å². The maximum absolute atomic E-state index is 13.4. The molecule has 2 rings (SSSR count). The monoisotopic (exact) mass is 226 g/mol. The van der Waals surface area contributed by atoms with Gasteiger partial charge in [0.2, 0.25) is 0 Å². The van der Waals surface area contributed by atoms with E-state index < -0.39 is 23.4 Å². The third-order valence-corrected chi connectivity index (χ3v) is 2.35. The van der Waals surface area contributed by atoms with E-state index in [1.807, 2.05) is 0 Å². The van der Waals surface area contributed by atoms with Crippen LogP contribution in [0.15, 0.2) is 17.1 Å². The molecule has 1 aromatic carbocycles. The number of hydrogen-bond acceptors (Lipinski definition) is 5. The van der Waals surface area contributed by atoms with Crippen molar-refractivity contribution < 1.29 is 19.7 Å². The van der Waals surface area contributed by atoms with Crippen LogP contribution < -0.4 is 5.32 Å². The topological polar surface area (TPSA) is 85.1 Å². The van der Waals surface area contributed by atoms with Gasteiger partial charge in [-0.15, -0.1) is 0 Å². The maximum Gasteiger partial charge on any atom is 0.160 e. The highest BCUT2D eigenvalue weighted by atomic mass is 19.1. The van der Waals surface area contributed by atoms with Crippen molar-refractivity contribution in [1.82, 2.24) is 5.32 Å². The molecule has 1 unspecified atom stereocenters. The van der Waals surface area contributed by atoms with Crippen LogP contribution in [0.3, 0.4) is 0 Å². The fourth-order valence-electron chi connectivity index (χ4n) is 1.52. The van der Waals surface area contributed by atoms with E-state index in [1.165, 1.54) is 0 Å². The van der Waals surface area contributed by atoms with Crippen LogP contribution in [0.4, 0.5) is 4.39 Å². The molecule has 0 amide bonds. The largest absolute Gasteiger partial charge is 0.504 e. The first kappa shape index (κ1) is 10.7. The summed E-state index contributed by atoms with van der Waals surface area (Å²) in [5, 5.41) is 30.9. The van der Waals surface area contributed by atoms with Crippen LogP contribution in [0.25, 0.3) is 0 Å². The molecule has 1 atom stereocenters. The zero-order valence-electron chi connectivity index (χ0n) is 8.31. The summed E-state index contributed by atoms with van der Waals surface area (Å²) in [6.45, 7) is 1.12. The lowest BCUT2D eigenvalue weighted by Gasteiger charge is -2.13. The Balaban J connectivity index is 2.36. The average molecular weight is 226 g/mol. The van der Waals surface area contributed by atoms with E-state index in [0.717, 1.165) is 12.1 Å². The molecule has 0 saturated carbocycles. The number of phenolic OH excluding ortho intramolecular Hbond substituents is 2. The minimum absolute atomic E-state index is 0.122. The van der Waals surface area contributed by atoms with E-state index in [-0.39, 0.29) is 11.4 Å². The Labute approximate surface area is 90.9 Å². The Morgan fingerprint density at radius 3 is 2.62 bits per heavy atom. The highest BCUT2D eigenvalue weighted by Gasteiger charge is 2.22. The van der Waals surface area contributed by atoms with Gasteiger partial charge in [-0.2, -0.15) is 0 Å². The maximum atomic E-state index is 13.4. The normalized spacial score (nSPS) is 16.8. The van der Waals surface area contributed by atoms with E-state index in [1.54, 1.807) is 0 Å². The summed E-state index contributed by atoms with van der Waals surface area (Å²) in [6.07, 6.45) is -1.26. The predicted octanol–water partition coefficient (Wildman–Crippen LogP) is 0.272. The number of nitrogens with one attached hydrogen (secondary N) is 1. The van der Waals surface area contributed by atoms with Crippen LogP contribution >= 0.6 is 0 Å². The third kappa shape index (κ3) is 1.79. The van der Waals surface area contributed by atoms with Gasteiger partial charge in [-0.1, -0.05) is 0 Å². The second-order valence-corrected chi connectivity index (χ2v) is 3.46. The molecule has 0 saturated heterocycles. The molecular formula is C10H11FN2O3. The molecule has 1 aromatic rings. The standard InChI is InChI=1S/C10H11FN2O3/c11-6-4-8(15)7(14)3-5(6)9(16)10-12-1-2-13-10/h3-4,9,14-16H,1-2H2,(H,12,13). The Morgan fingerprint density at radius 1 is 1.31 bits per heavy atom. The molecule has 5 nitrogen and oxygen atoms in total. The van der Waals surface area contributed by atoms with Gasteiger partial charge < -0.3 is 20.6 Å². The number of halogens is 1. The average Bonchev–Trinajstić information content (AvgIpc) is 2.75. The van der Waals surface area contributed by atoms with Crippen LogP contribution in [0.1, 0.15) is 11.7 Å². The molecule has 16 heavy (non-hydrogen) atoms. The van der Waals surface area contributed by atoms with Crippen LogP contribution in [-0.4, -0.2) is 34.2 Å². The number of phenols is 2. The predicted molar refractivity (Wildman–Crippen MR) is 55.0 cm³/mol. The van der Waals surface area contributed by atoms with Gasteiger partial charge in [-0.05, 0) is 6.07 Å². The quantitative estimate of drug-likeness (QED) is 0.545. The summed E-state index contributed by atoms with van der Waals surface area (Å²) in [4.78, 5) is 3.95. The van der Waals surface area contributed by atoms with Crippen molar-refractivity contribution in [2.24, 2.45) is 4.99 Å². The Bertz CT molecular complexity index is 448. The van der Waals surface area contributed by atoms with E-state index >= 15 is 0 Å². The zero-order valence-corrected chi connectivity index (χ0v) is 8.31. The van der Waals surface area contributed by atoms with Gasteiger partial charge in [0.15, 0.2) is 11.5 Å². The number of rotatable bonds is 2. The number of nitrogens with zero attached hydrogens (tertiary/aromatic N) is 1. The number of aliphatic imine (C=N–C) groups is 1. The van der Waals surface area contributed by atoms with Crippen molar-refractivity contribution in [3.63, 3.8) is 0 Å². The molecule has 0 aromatic heterocycles. The molecule has 1 heterocycles. The summed E-state index contributed by atoms with van der Waals surface area (Å²) in [7, 11) is 0. The SMILES string of the molecule is Oc1cc(F)c(C(O)C2=NCCN2)cc1O. The van der Waals surface area contributed by atoms with E-state index in [4.69, 9.17) is 5.11 Å². The van der Waals surface area contributed by atoms with Gasteiger partial charge >= 0.3 is 0 Å². The van der Waals surface area contributed by atoms with E-state index in [2.05, 4.69) is 10.3 Å². The first-order valence-electron chi connectivity index (χ1n) is 4.77. The molecule has 0 radical (unpaired) electrons. The molecule has 6 heteroatoms. The lowest BCUT2D eigenvalue weighted by Crippen LogP contribution is -2.26. The number of aliphatic hydroxyl groups excluding tert-OH is 1. The molecule has 1 aliphatic heterocycles. The van der Waals surface area contributed by atoms with Crippen molar-refractivity contribution in [3.8, 4) is 11.5 Å². The lowest BCUT2D eigenvalue weighted by molar-refractivity contribution is 0.237. The zero-order chi connectivity index (χ0) is 11.7. The number of aliphatic hydroxyl groups is 1.